The molecule has 0 amide bonds. The van der Waals surface area contributed by atoms with Crippen molar-refractivity contribution in [2.45, 2.75) is 130 Å². The maximum atomic E-state index is 14.3. The lowest BCUT2D eigenvalue weighted by Crippen LogP contribution is -2.39. The fourth-order valence-electron chi connectivity index (χ4n) is 7.66. The highest BCUT2D eigenvalue weighted by molar-refractivity contribution is 7.73. The van der Waals surface area contributed by atoms with Gasteiger partial charge in [0.2, 0.25) is 12.7 Å². The first-order valence-corrected chi connectivity index (χ1v) is 22.0. The molecule has 286 valence electrons. The van der Waals surface area contributed by atoms with E-state index in [0.717, 1.165) is 19.5 Å². The molecule has 2 aromatic heterocycles. The van der Waals surface area contributed by atoms with Crippen molar-refractivity contribution in [1.82, 2.24) is 19.5 Å². The van der Waals surface area contributed by atoms with E-state index in [1.165, 1.54) is 52.3 Å². The number of fused-ring (bicyclic) bond motifs is 1. The summed E-state index contributed by atoms with van der Waals surface area (Å²) in [6.45, 7) is 12.8. The summed E-state index contributed by atoms with van der Waals surface area (Å²) in [5.41, 5.74) is 1.12. The molecule has 0 aromatic carbocycles. The summed E-state index contributed by atoms with van der Waals surface area (Å²) in [6, 6.07) is 0. The minimum Gasteiger partial charge on any atom is -0.456 e. The van der Waals surface area contributed by atoms with E-state index >= 15 is 0 Å². The molecule has 5 atom stereocenters. The van der Waals surface area contributed by atoms with Crippen LogP contribution in [-0.2, 0) is 46.5 Å². The molecule has 3 aliphatic rings. The smallest absolute Gasteiger partial charge is 0.340 e. The largest absolute Gasteiger partial charge is 0.456 e. The standard InChI is InChI=1S/C33H52ClN5O10P2/c1-8-44-50(42,20-51(43,48-21(2)3)49-22(4)5)17-12-25-27(45-23(6)40)28(46-24(7)41)31(47-25)39-19-35-26-29(36-32(34)37-30(26)39)38-16-15-33(18-38)13-10-9-11-14-33/h19,21-22,25,27-28,31H,8-18,20H2,1-7H3/t25-,27-,28-,31-,50?/m1/s1. The van der Waals surface area contributed by atoms with Crippen LogP contribution in [0.4, 0.5) is 5.82 Å². The zero-order chi connectivity index (χ0) is 37.1. The Bertz CT molecular complexity index is 1640. The zero-order valence-corrected chi connectivity index (χ0v) is 33.2. The lowest BCUT2D eigenvalue weighted by Gasteiger charge is -2.33. The average molecular weight is 776 g/mol. The van der Waals surface area contributed by atoms with E-state index in [4.69, 9.17) is 44.4 Å². The predicted octanol–water partition coefficient (Wildman–Crippen LogP) is 7.11. The van der Waals surface area contributed by atoms with Gasteiger partial charge in [-0.2, -0.15) is 9.97 Å². The van der Waals surface area contributed by atoms with Crippen LogP contribution in [0.25, 0.3) is 11.2 Å². The van der Waals surface area contributed by atoms with E-state index in [9.17, 15) is 18.7 Å². The zero-order valence-electron chi connectivity index (χ0n) is 30.6. The molecule has 5 rings (SSSR count). The molecule has 51 heavy (non-hydrogen) atoms. The number of nitrogens with zero attached hydrogens (tertiary/aromatic N) is 5. The minimum atomic E-state index is -3.85. The number of hydrogen-bond donors (Lipinski definition) is 0. The number of hydrogen-bond acceptors (Lipinski definition) is 14. The van der Waals surface area contributed by atoms with Gasteiger partial charge in [-0.3, -0.25) is 23.3 Å². The highest BCUT2D eigenvalue weighted by Crippen LogP contribution is 2.65. The van der Waals surface area contributed by atoms with Crippen molar-refractivity contribution >= 4 is 55.5 Å². The normalized spacial score (nSPS) is 24.9. The van der Waals surface area contributed by atoms with Crippen LogP contribution < -0.4 is 4.90 Å². The summed E-state index contributed by atoms with van der Waals surface area (Å²) in [5.74, 6) is -1.09. The lowest BCUT2D eigenvalue weighted by atomic mass is 9.73. The third kappa shape index (κ3) is 9.71. The van der Waals surface area contributed by atoms with Crippen LogP contribution >= 0.6 is 26.6 Å². The Kier molecular flexibility index (Phi) is 13.0. The number of rotatable bonds is 15. The van der Waals surface area contributed by atoms with Crippen molar-refractivity contribution in [3.8, 4) is 0 Å². The van der Waals surface area contributed by atoms with Crippen LogP contribution in [0.2, 0.25) is 5.28 Å². The van der Waals surface area contributed by atoms with E-state index in [1.54, 1.807) is 39.2 Å². The molecule has 15 nitrogen and oxygen atoms in total. The lowest BCUT2D eigenvalue weighted by molar-refractivity contribution is -0.165. The molecule has 3 fully saturated rings. The molecule has 2 aromatic rings. The quantitative estimate of drug-likeness (QED) is 0.102. The van der Waals surface area contributed by atoms with Crippen molar-refractivity contribution in [2.75, 3.05) is 36.7 Å². The number of aromatic nitrogens is 4. The highest BCUT2D eigenvalue weighted by Gasteiger charge is 2.52. The van der Waals surface area contributed by atoms with Gasteiger partial charge in [-0.1, -0.05) is 19.3 Å². The van der Waals surface area contributed by atoms with Crippen molar-refractivity contribution in [1.29, 1.82) is 0 Å². The van der Waals surface area contributed by atoms with Crippen LogP contribution in [0.1, 0.15) is 99.6 Å². The highest BCUT2D eigenvalue weighted by atomic mass is 35.5. The number of esters is 2. The molecule has 1 unspecified atom stereocenters. The molecule has 18 heteroatoms. The van der Waals surface area contributed by atoms with Crippen molar-refractivity contribution in [2.24, 2.45) is 5.41 Å². The second-order valence-electron chi connectivity index (χ2n) is 14.4. The van der Waals surface area contributed by atoms with Crippen molar-refractivity contribution in [3.63, 3.8) is 0 Å². The summed E-state index contributed by atoms with van der Waals surface area (Å²) >= 11 is 6.53. The molecule has 1 spiro atoms. The fourth-order valence-corrected chi connectivity index (χ4v) is 13.9. The number of imidazole rings is 1. The van der Waals surface area contributed by atoms with Crippen LogP contribution in [0.5, 0.6) is 0 Å². The number of halogens is 1. The van der Waals surface area contributed by atoms with Gasteiger partial charge in [0.05, 0.1) is 25.1 Å². The summed E-state index contributed by atoms with van der Waals surface area (Å²) in [7, 11) is -7.53. The number of anilines is 1. The van der Waals surface area contributed by atoms with E-state index in [0.29, 0.717) is 17.0 Å². The van der Waals surface area contributed by atoms with Gasteiger partial charge in [0, 0.05) is 33.1 Å². The topological polar surface area (TPSA) is 170 Å². The first-order valence-electron chi connectivity index (χ1n) is 17.9. The van der Waals surface area contributed by atoms with Crippen LogP contribution in [0, 0.1) is 5.41 Å². The van der Waals surface area contributed by atoms with Crippen molar-refractivity contribution < 1.29 is 46.5 Å². The van der Waals surface area contributed by atoms with Crippen LogP contribution in [-0.4, -0.2) is 93.7 Å². The molecule has 2 saturated heterocycles. The van der Waals surface area contributed by atoms with Gasteiger partial charge in [-0.25, -0.2) is 4.98 Å². The van der Waals surface area contributed by atoms with Crippen LogP contribution in [0.3, 0.4) is 0 Å². The minimum absolute atomic E-state index is 0.0216. The van der Waals surface area contributed by atoms with E-state index in [-0.39, 0.29) is 29.9 Å². The second kappa shape index (κ2) is 16.5. The first kappa shape index (κ1) is 40.1. The Morgan fingerprint density at radius 2 is 1.65 bits per heavy atom. The Hall–Kier alpha value is -2.12. The monoisotopic (exact) mass is 775 g/mol. The summed E-state index contributed by atoms with van der Waals surface area (Å²) in [4.78, 5) is 40.9. The molecule has 2 aliphatic heterocycles. The molecule has 0 N–H and O–H groups in total. The molecule has 0 bridgehead atoms. The van der Waals surface area contributed by atoms with Crippen LogP contribution in [0.15, 0.2) is 6.33 Å². The molecular formula is C33H52ClN5O10P2. The van der Waals surface area contributed by atoms with E-state index in [2.05, 4.69) is 14.9 Å². The van der Waals surface area contributed by atoms with E-state index in [1.807, 2.05) is 0 Å². The third-order valence-corrected chi connectivity index (χ3v) is 15.9. The van der Waals surface area contributed by atoms with Gasteiger partial charge in [-0.05, 0) is 77.3 Å². The Morgan fingerprint density at radius 1 is 1.00 bits per heavy atom. The number of carbonyl (C=O) groups excluding carboxylic acids is 2. The maximum absolute atomic E-state index is 14.3. The van der Waals surface area contributed by atoms with Gasteiger partial charge in [0.25, 0.3) is 0 Å². The SMILES string of the molecule is CCOP(=O)(CC[C@H]1O[C@@H](n2cnc3c(N4CCC5(CCCCC5)C4)nc(Cl)nc32)[C@H](OC(C)=O)[C@@H]1OC(C)=O)CP(=O)(OC(C)C)OC(C)C. The summed E-state index contributed by atoms with van der Waals surface area (Å²) in [6.07, 6.45) is 3.45. The van der Waals surface area contributed by atoms with Gasteiger partial charge in [-0.15, -0.1) is 0 Å². The Labute approximate surface area is 304 Å². The van der Waals surface area contributed by atoms with Gasteiger partial charge < -0.3 is 32.7 Å². The molecule has 4 heterocycles. The predicted molar refractivity (Wildman–Crippen MR) is 191 cm³/mol. The third-order valence-electron chi connectivity index (χ3n) is 9.44. The molecule has 1 aliphatic carbocycles. The average Bonchev–Trinajstić information content (AvgIpc) is 3.71. The van der Waals surface area contributed by atoms with Gasteiger partial charge in [0.15, 0.2) is 35.4 Å². The van der Waals surface area contributed by atoms with Gasteiger partial charge >= 0.3 is 19.5 Å². The molecule has 0 radical (unpaired) electrons. The van der Waals surface area contributed by atoms with Gasteiger partial charge in [0.1, 0.15) is 12.0 Å². The number of carbonyl (C=O) groups is 2. The van der Waals surface area contributed by atoms with E-state index < -0.39 is 69.6 Å². The summed E-state index contributed by atoms with van der Waals surface area (Å²) < 4.78 is 64.8. The summed E-state index contributed by atoms with van der Waals surface area (Å²) in [5, 5.41) is 0.0216. The first-order chi connectivity index (χ1) is 24.0. The second-order valence-corrected chi connectivity index (χ2v) is 19.8. The number of ether oxygens (including phenoxy) is 3. The van der Waals surface area contributed by atoms with Crippen molar-refractivity contribution in [3.05, 3.63) is 11.6 Å². The molecular weight excluding hydrogens is 724 g/mol. The molecule has 1 saturated carbocycles. The Balaban J connectivity index is 1.46. The Morgan fingerprint density at radius 3 is 2.25 bits per heavy atom. The maximum Gasteiger partial charge on any atom is 0.340 e. The fraction of sp³-hybridized carbons (Fsp3) is 0.788.